The van der Waals surface area contributed by atoms with Crippen molar-refractivity contribution >= 4 is 23.4 Å². The Morgan fingerprint density at radius 1 is 1.48 bits per heavy atom. The summed E-state index contributed by atoms with van der Waals surface area (Å²) >= 11 is 1.84. The number of thioether (sulfide) groups is 1. The van der Waals surface area contributed by atoms with Gasteiger partial charge in [-0.15, -0.1) is 0 Å². The number of carbonyl (C=O) groups is 1. The van der Waals surface area contributed by atoms with Gasteiger partial charge in [0.25, 0.3) is 0 Å². The lowest BCUT2D eigenvalue weighted by Crippen LogP contribution is -2.30. The zero-order chi connectivity index (χ0) is 15.2. The van der Waals surface area contributed by atoms with Crippen LogP contribution in [0.2, 0.25) is 0 Å². The summed E-state index contributed by atoms with van der Waals surface area (Å²) in [6, 6.07) is 4.59. The van der Waals surface area contributed by atoms with Crippen LogP contribution in [0.3, 0.4) is 0 Å². The van der Waals surface area contributed by atoms with Gasteiger partial charge in [-0.05, 0) is 35.8 Å². The first-order valence-corrected chi connectivity index (χ1v) is 8.24. The summed E-state index contributed by atoms with van der Waals surface area (Å²) in [7, 11) is 0. The highest BCUT2D eigenvalue weighted by atomic mass is 32.2. The Bertz CT molecular complexity index is 543. The molecule has 1 heterocycles. The predicted octanol–water partition coefficient (Wildman–Crippen LogP) is 4.09. The van der Waals surface area contributed by atoms with Crippen LogP contribution < -0.4 is 10.1 Å². The van der Waals surface area contributed by atoms with E-state index in [-0.39, 0.29) is 11.6 Å². The second kappa shape index (κ2) is 7.50. The van der Waals surface area contributed by atoms with E-state index in [1.54, 1.807) is 12.1 Å². The molecule has 5 heteroatoms. The van der Waals surface area contributed by atoms with Crippen LogP contribution in [0, 0.1) is 11.7 Å². The van der Waals surface area contributed by atoms with Gasteiger partial charge in [0.1, 0.15) is 11.6 Å². The maximum absolute atomic E-state index is 14.1. The number of ether oxygens (including phenoxy) is 1. The standard InChI is InChI=1S/C16H20FNO2S/c1-11(2)10-18-16(19)20-13-3-4-14(15(17)9-13)12-5-7-21-8-6-12/h3-5,9,11H,6-8,10H2,1-2H3,(H,18,19). The fourth-order valence-corrected chi connectivity index (χ4v) is 2.87. The number of carbonyl (C=O) groups excluding carboxylic acids is 1. The van der Waals surface area contributed by atoms with E-state index in [9.17, 15) is 9.18 Å². The third-order valence-corrected chi connectivity index (χ3v) is 4.01. The van der Waals surface area contributed by atoms with Gasteiger partial charge in [-0.2, -0.15) is 11.8 Å². The molecule has 0 saturated carbocycles. The minimum Gasteiger partial charge on any atom is -0.410 e. The van der Waals surface area contributed by atoms with Gasteiger partial charge in [0.2, 0.25) is 0 Å². The van der Waals surface area contributed by atoms with Crippen LogP contribution in [0.5, 0.6) is 5.75 Å². The fourth-order valence-electron chi connectivity index (χ4n) is 2.02. The first-order valence-electron chi connectivity index (χ1n) is 7.08. The van der Waals surface area contributed by atoms with Crippen molar-refractivity contribution in [1.29, 1.82) is 0 Å². The van der Waals surface area contributed by atoms with Crippen LogP contribution in [0.25, 0.3) is 5.57 Å². The molecule has 1 aromatic rings. The molecule has 3 nitrogen and oxygen atoms in total. The lowest BCUT2D eigenvalue weighted by atomic mass is 10.0. The highest BCUT2D eigenvalue weighted by molar-refractivity contribution is 7.99. The molecule has 21 heavy (non-hydrogen) atoms. The maximum Gasteiger partial charge on any atom is 0.412 e. The van der Waals surface area contributed by atoms with Gasteiger partial charge in [-0.25, -0.2) is 9.18 Å². The van der Waals surface area contributed by atoms with Crippen LogP contribution in [0.4, 0.5) is 9.18 Å². The van der Waals surface area contributed by atoms with Gasteiger partial charge < -0.3 is 10.1 Å². The molecule has 0 aromatic heterocycles. The second-order valence-electron chi connectivity index (χ2n) is 5.36. The largest absolute Gasteiger partial charge is 0.412 e. The summed E-state index contributed by atoms with van der Waals surface area (Å²) < 4.78 is 19.2. The number of hydrogen-bond donors (Lipinski definition) is 1. The normalized spacial score (nSPS) is 14.8. The average molecular weight is 309 g/mol. The predicted molar refractivity (Wildman–Crippen MR) is 85.2 cm³/mol. The molecule has 1 amide bonds. The smallest absolute Gasteiger partial charge is 0.410 e. The van der Waals surface area contributed by atoms with Crippen molar-refractivity contribution in [3.05, 3.63) is 35.7 Å². The molecule has 0 fully saturated rings. The van der Waals surface area contributed by atoms with Gasteiger partial charge >= 0.3 is 6.09 Å². The number of allylic oxidation sites excluding steroid dienone is 1. The minimum absolute atomic E-state index is 0.225. The van der Waals surface area contributed by atoms with Crippen LogP contribution in [-0.2, 0) is 0 Å². The monoisotopic (exact) mass is 309 g/mol. The average Bonchev–Trinajstić information content (AvgIpc) is 2.46. The highest BCUT2D eigenvalue weighted by Gasteiger charge is 2.13. The van der Waals surface area contributed by atoms with E-state index in [4.69, 9.17) is 4.74 Å². The van der Waals surface area contributed by atoms with Crippen LogP contribution in [0.15, 0.2) is 24.3 Å². The maximum atomic E-state index is 14.1. The molecule has 1 aliphatic rings. The first-order chi connectivity index (χ1) is 10.1. The van der Waals surface area contributed by atoms with E-state index in [1.807, 2.05) is 25.6 Å². The third-order valence-electron chi connectivity index (χ3n) is 3.12. The van der Waals surface area contributed by atoms with E-state index >= 15 is 0 Å². The van der Waals surface area contributed by atoms with Crippen LogP contribution in [-0.4, -0.2) is 24.1 Å². The molecule has 2 rings (SSSR count). The molecule has 0 aliphatic carbocycles. The molecule has 0 spiro atoms. The number of hydrogen-bond acceptors (Lipinski definition) is 3. The van der Waals surface area contributed by atoms with Crippen molar-refractivity contribution in [3.8, 4) is 5.75 Å². The summed E-state index contributed by atoms with van der Waals surface area (Å²) in [6.45, 7) is 4.51. The Hall–Kier alpha value is -1.49. The van der Waals surface area contributed by atoms with Crippen molar-refractivity contribution in [2.45, 2.75) is 20.3 Å². The van der Waals surface area contributed by atoms with E-state index in [0.717, 1.165) is 23.5 Å². The zero-order valence-corrected chi connectivity index (χ0v) is 13.1. The van der Waals surface area contributed by atoms with Gasteiger partial charge in [-0.3, -0.25) is 0 Å². The quantitative estimate of drug-likeness (QED) is 0.910. The molecule has 114 valence electrons. The molecule has 0 unspecified atom stereocenters. The number of nitrogens with one attached hydrogen (secondary N) is 1. The van der Waals surface area contributed by atoms with E-state index in [2.05, 4.69) is 11.4 Å². The SMILES string of the molecule is CC(C)CNC(=O)Oc1ccc(C2=CCSCC2)c(F)c1. The Balaban J connectivity index is 2.01. The van der Waals surface area contributed by atoms with Gasteiger partial charge in [0.05, 0.1) is 0 Å². The highest BCUT2D eigenvalue weighted by Crippen LogP contribution is 2.29. The van der Waals surface area contributed by atoms with Crippen molar-refractivity contribution in [3.63, 3.8) is 0 Å². The van der Waals surface area contributed by atoms with Crippen LogP contribution >= 0.6 is 11.8 Å². The number of rotatable bonds is 4. The molecule has 0 bridgehead atoms. The topological polar surface area (TPSA) is 38.3 Å². The Morgan fingerprint density at radius 3 is 2.90 bits per heavy atom. The number of amides is 1. The van der Waals surface area contributed by atoms with E-state index in [1.165, 1.54) is 6.07 Å². The Kier molecular flexibility index (Phi) is 5.67. The third kappa shape index (κ3) is 4.77. The fraction of sp³-hybridized carbons (Fsp3) is 0.438. The van der Waals surface area contributed by atoms with Crippen molar-refractivity contribution in [2.75, 3.05) is 18.1 Å². The minimum atomic E-state index is -0.552. The molecular weight excluding hydrogens is 289 g/mol. The molecule has 0 radical (unpaired) electrons. The summed E-state index contributed by atoms with van der Waals surface area (Å²) in [4.78, 5) is 11.5. The van der Waals surface area contributed by atoms with Gasteiger partial charge in [0, 0.05) is 23.9 Å². The van der Waals surface area contributed by atoms with Crippen molar-refractivity contribution < 1.29 is 13.9 Å². The zero-order valence-electron chi connectivity index (χ0n) is 12.3. The Morgan fingerprint density at radius 2 is 2.29 bits per heavy atom. The summed E-state index contributed by atoms with van der Waals surface area (Å²) in [5, 5.41) is 2.63. The lowest BCUT2D eigenvalue weighted by molar-refractivity contribution is 0.199. The number of benzene rings is 1. The summed E-state index contributed by atoms with van der Waals surface area (Å²) in [6.07, 6.45) is 2.38. The molecule has 1 aliphatic heterocycles. The molecular formula is C16H20FNO2S. The molecule has 0 saturated heterocycles. The summed E-state index contributed by atoms with van der Waals surface area (Å²) in [5.74, 6) is 2.16. The summed E-state index contributed by atoms with van der Waals surface area (Å²) in [5.41, 5.74) is 1.63. The number of halogens is 1. The second-order valence-corrected chi connectivity index (χ2v) is 6.51. The molecule has 1 N–H and O–H groups in total. The van der Waals surface area contributed by atoms with Gasteiger partial charge in [-0.1, -0.05) is 19.9 Å². The van der Waals surface area contributed by atoms with Crippen LogP contribution in [0.1, 0.15) is 25.8 Å². The van der Waals surface area contributed by atoms with E-state index < -0.39 is 6.09 Å². The van der Waals surface area contributed by atoms with E-state index in [0.29, 0.717) is 18.0 Å². The van der Waals surface area contributed by atoms with Crippen molar-refractivity contribution in [1.82, 2.24) is 5.32 Å². The first kappa shape index (κ1) is 15.9. The Labute approximate surface area is 128 Å². The molecule has 1 aromatic carbocycles. The van der Waals surface area contributed by atoms with Crippen molar-refractivity contribution in [2.24, 2.45) is 5.92 Å². The molecule has 0 atom stereocenters. The van der Waals surface area contributed by atoms with Gasteiger partial charge in [0.15, 0.2) is 0 Å². The lowest BCUT2D eigenvalue weighted by Gasteiger charge is -2.14.